The third-order valence-corrected chi connectivity index (χ3v) is 6.88. The van der Waals surface area contributed by atoms with E-state index in [4.69, 9.17) is 4.74 Å². The molecule has 0 aliphatic carbocycles. The lowest BCUT2D eigenvalue weighted by molar-refractivity contribution is -0.289. The van der Waals surface area contributed by atoms with Crippen molar-refractivity contribution in [2.45, 2.75) is 43.3 Å². The van der Waals surface area contributed by atoms with E-state index in [0.29, 0.717) is 17.7 Å². The van der Waals surface area contributed by atoms with Gasteiger partial charge in [-0.2, -0.15) is 35.1 Å². The number of hydrogen-bond donors (Lipinski definition) is 2. The van der Waals surface area contributed by atoms with Crippen molar-refractivity contribution in [1.29, 1.82) is 0 Å². The number of hydrogen-bond acceptors (Lipinski definition) is 4. The molecule has 15 heteroatoms. The molecule has 4 aromatic carbocycles. The third kappa shape index (κ3) is 9.13. The topological polar surface area (TPSA) is 50.7 Å². The molecule has 47 heavy (non-hydrogen) atoms. The Bertz CT molecular complexity index is 1620. The van der Waals surface area contributed by atoms with Gasteiger partial charge in [-0.15, -0.1) is 13.2 Å². The van der Waals surface area contributed by atoms with Crippen LogP contribution in [0.15, 0.2) is 97.1 Å². The van der Waals surface area contributed by atoms with Gasteiger partial charge in [-0.05, 0) is 64.7 Å². The normalized spacial score (nSPS) is 14.0. The molecule has 0 radical (unpaired) electrons. The van der Waals surface area contributed by atoms with Gasteiger partial charge in [0.2, 0.25) is 0 Å². The molecular formula is C32H24F11NO3. The van der Waals surface area contributed by atoms with Crippen LogP contribution in [-0.4, -0.2) is 24.3 Å². The average Bonchev–Trinajstić information content (AvgIpc) is 3.00. The first-order chi connectivity index (χ1) is 21.9. The van der Waals surface area contributed by atoms with Crippen LogP contribution < -0.4 is 14.8 Å². The molecule has 4 aromatic rings. The summed E-state index contributed by atoms with van der Waals surface area (Å²) in [5.41, 5.74) is -1.60. The summed E-state index contributed by atoms with van der Waals surface area (Å²) < 4.78 is 154. The number of aliphatic hydroxyl groups excluding tert-OH is 1. The molecule has 0 aliphatic heterocycles. The Labute approximate surface area is 260 Å². The van der Waals surface area contributed by atoms with Gasteiger partial charge in [0, 0.05) is 5.56 Å². The quantitative estimate of drug-likeness (QED) is 0.155. The van der Waals surface area contributed by atoms with Crippen molar-refractivity contribution in [3.05, 3.63) is 130 Å². The Balaban J connectivity index is 1.66. The summed E-state index contributed by atoms with van der Waals surface area (Å²) in [4.78, 5) is 0. The fourth-order valence-electron chi connectivity index (χ4n) is 4.56. The van der Waals surface area contributed by atoms with E-state index < -0.39 is 60.2 Å². The number of alkyl halides is 11. The van der Waals surface area contributed by atoms with Crippen LogP contribution in [0, 0.1) is 0 Å². The molecule has 0 fully saturated rings. The zero-order valence-corrected chi connectivity index (χ0v) is 23.7. The first-order valence-electron chi connectivity index (χ1n) is 13.5. The van der Waals surface area contributed by atoms with Crippen LogP contribution >= 0.6 is 0 Å². The SMILES string of the molecule is OCC(NC(c1cccc(OCc2ccc(OC(F)(F)F)cc2)c1)c1cccc(C(F)(F)C(F)(F)F)c1)c1ccc(C(F)(F)F)cc1. The summed E-state index contributed by atoms with van der Waals surface area (Å²) in [6, 6.07) is 15.5. The maximum atomic E-state index is 14.3. The Kier molecular flexibility index (Phi) is 10.4. The second kappa shape index (κ2) is 13.8. The molecule has 2 unspecified atom stereocenters. The lowest BCUT2D eigenvalue weighted by Crippen LogP contribution is -2.34. The fourth-order valence-corrected chi connectivity index (χ4v) is 4.56. The molecule has 0 saturated heterocycles. The van der Waals surface area contributed by atoms with Crippen molar-refractivity contribution in [1.82, 2.24) is 5.32 Å². The van der Waals surface area contributed by atoms with Gasteiger partial charge in [0.15, 0.2) is 0 Å². The monoisotopic (exact) mass is 679 g/mol. The van der Waals surface area contributed by atoms with Gasteiger partial charge in [0.1, 0.15) is 18.1 Å². The second-order valence-corrected chi connectivity index (χ2v) is 10.2. The van der Waals surface area contributed by atoms with Crippen LogP contribution in [0.5, 0.6) is 11.5 Å². The minimum Gasteiger partial charge on any atom is -0.489 e. The summed E-state index contributed by atoms with van der Waals surface area (Å²) in [5, 5.41) is 13.1. The van der Waals surface area contributed by atoms with E-state index in [1.807, 2.05) is 0 Å². The molecule has 2 atom stereocenters. The summed E-state index contributed by atoms with van der Waals surface area (Å²) in [6.07, 6.45) is -15.4. The largest absolute Gasteiger partial charge is 0.573 e. The molecule has 0 spiro atoms. The highest BCUT2D eigenvalue weighted by atomic mass is 19.4. The molecule has 0 saturated carbocycles. The zero-order chi connectivity index (χ0) is 34.6. The number of halogens is 11. The third-order valence-electron chi connectivity index (χ3n) is 6.88. The van der Waals surface area contributed by atoms with Crippen LogP contribution in [0.1, 0.15) is 45.5 Å². The maximum absolute atomic E-state index is 14.3. The Morgan fingerprint density at radius 1 is 0.617 bits per heavy atom. The first kappa shape index (κ1) is 35.5. The summed E-state index contributed by atoms with van der Waals surface area (Å²) in [6.45, 7) is -0.851. The molecule has 0 bridgehead atoms. The van der Waals surface area contributed by atoms with Gasteiger partial charge in [0.05, 0.1) is 24.3 Å². The second-order valence-electron chi connectivity index (χ2n) is 10.2. The van der Waals surface area contributed by atoms with E-state index in [-0.39, 0.29) is 29.0 Å². The molecule has 0 amide bonds. The Morgan fingerprint density at radius 2 is 1.21 bits per heavy atom. The van der Waals surface area contributed by atoms with E-state index in [1.165, 1.54) is 42.5 Å². The van der Waals surface area contributed by atoms with E-state index in [0.717, 1.165) is 42.5 Å². The highest BCUT2D eigenvalue weighted by Gasteiger charge is 2.58. The Hall–Kier alpha value is -4.37. The predicted molar refractivity (Wildman–Crippen MR) is 147 cm³/mol. The van der Waals surface area contributed by atoms with E-state index in [2.05, 4.69) is 10.1 Å². The fraction of sp³-hybridized carbons (Fsp3) is 0.250. The van der Waals surface area contributed by atoms with E-state index >= 15 is 0 Å². The maximum Gasteiger partial charge on any atom is 0.573 e. The lowest BCUT2D eigenvalue weighted by atomic mass is 9.93. The van der Waals surface area contributed by atoms with Crippen molar-refractivity contribution < 1.29 is 62.9 Å². The number of aliphatic hydroxyl groups is 1. The van der Waals surface area contributed by atoms with Crippen LogP contribution in [0.25, 0.3) is 0 Å². The van der Waals surface area contributed by atoms with Gasteiger partial charge in [-0.25, -0.2) is 0 Å². The van der Waals surface area contributed by atoms with Crippen molar-refractivity contribution in [2.75, 3.05) is 6.61 Å². The van der Waals surface area contributed by atoms with Gasteiger partial charge < -0.3 is 14.6 Å². The minimum atomic E-state index is -5.91. The van der Waals surface area contributed by atoms with Gasteiger partial charge in [-0.3, -0.25) is 5.32 Å². The number of benzene rings is 4. The molecule has 4 nitrogen and oxygen atoms in total. The standard InChI is InChI=1S/C32H24F11NO3/c33-29(34,31(38,39)40)24-5-1-3-21(15-24)28(44-27(17-45)20-9-11-23(12-10-20)30(35,36)37)22-4-2-6-26(16-22)46-18-19-7-13-25(14-8-19)47-32(41,42)43/h1-16,27-28,44-45H,17-18H2. The highest BCUT2D eigenvalue weighted by Crippen LogP contribution is 2.44. The van der Waals surface area contributed by atoms with E-state index in [1.54, 1.807) is 0 Å². The van der Waals surface area contributed by atoms with Crippen molar-refractivity contribution >= 4 is 0 Å². The molecule has 4 rings (SSSR count). The lowest BCUT2D eigenvalue weighted by Gasteiger charge is -2.28. The summed E-state index contributed by atoms with van der Waals surface area (Å²) >= 11 is 0. The average molecular weight is 680 g/mol. The van der Waals surface area contributed by atoms with Crippen molar-refractivity contribution in [2.24, 2.45) is 0 Å². The molecule has 0 aromatic heterocycles. The zero-order valence-electron chi connectivity index (χ0n) is 23.7. The summed E-state index contributed by atoms with van der Waals surface area (Å²) in [7, 11) is 0. The Morgan fingerprint density at radius 3 is 1.77 bits per heavy atom. The molecule has 0 aliphatic rings. The number of nitrogens with one attached hydrogen (secondary N) is 1. The smallest absolute Gasteiger partial charge is 0.489 e. The summed E-state index contributed by atoms with van der Waals surface area (Å²) in [5.74, 6) is -5.51. The van der Waals surface area contributed by atoms with Crippen LogP contribution in [0.3, 0.4) is 0 Å². The predicted octanol–water partition coefficient (Wildman–Crippen LogP) is 9.25. The van der Waals surface area contributed by atoms with Crippen LogP contribution in [0.2, 0.25) is 0 Å². The van der Waals surface area contributed by atoms with E-state index in [9.17, 15) is 53.4 Å². The molecule has 252 valence electrons. The molecular weight excluding hydrogens is 655 g/mol. The van der Waals surface area contributed by atoms with Gasteiger partial charge >= 0.3 is 24.6 Å². The number of rotatable bonds is 11. The molecule has 2 N–H and O–H groups in total. The van der Waals surface area contributed by atoms with Crippen LogP contribution in [-0.2, 0) is 18.7 Å². The van der Waals surface area contributed by atoms with Crippen molar-refractivity contribution in [3.63, 3.8) is 0 Å². The minimum absolute atomic E-state index is 0.103. The van der Waals surface area contributed by atoms with Gasteiger partial charge in [0.25, 0.3) is 0 Å². The van der Waals surface area contributed by atoms with Gasteiger partial charge in [-0.1, -0.05) is 54.6 Å². The molecule has 0 heterocycles. The van der Waals surface area contributed by atoms with Crippen molar-refractivity contribution in [3.8, 4) is 11.5 Å². The first-order valence-corrected chi connectivity index (χ1v) is 13.5. The highest BCUT2D eigenvalue weighted by molar-refractivity contribution is 5.40. The van der Waals surface area contributed by atoms with Crippen LogP contribution in [0.4, 0.5) is 48.3 Å². The number of ether oxygens (including phenoxy) is 2.